The highest BCUT2D eigenvalue weighted by Gasteiger charge is 2.12. The molecule has 156 valence electrons. The van der Waals surface area contributed by atoms with E-state index in [1.54, 1.807) is 24.3 Å². The van der Waals surface area contributed by atoms with Gasteiger partial charge in [0, 0.05) is 10.0 Å². The normalized spacial score (nSPS) is 10.6. The largest absolute Gasteiger partial charge is 0.494 e. The molecular weight excluding hydrogens is 504 g/mol. The average molecular weight is 528 g/mol. The first-order valence-corrected chi connectivity index (χ1v) is 10.8. The molecule has 2 aromatic rings. The number of ether oxygens (including phenoxy) is 2. The number of rotatable bonds is 8. The maximum atomic E-state index is 12.3. The van der Waals surface area contributed by atoms with E-state index in [4.69, 9.17) is 9.47 Å². The summed E-state index contributed by atoms with van der Waals surface area (Å²) in [5.41, 5.74) is 5.99. The molecule has 2 amide bonds. The molecule has 0 aliphatic heterocycles. The third-order valence-electron chi connectivity index (χ3n) is 3.92. The van der Waals surface area contributed by atoms with Crippen molar-refractivity contribution in [2.24, 2.45) is 5.92 Å². The molecule has 6 nitrogen and oxygen atoms in total. The van der Waals surface area contributed by atoms with Crippen molar-refractivity contribution in [3.05, 3.63) is 56.5 Å². The lowest BCUT2D eigenvalue weighted by Gasteiger charge is -2.13. The number of amides is 2. The number of carbonyl (C=O) groups excluding carboxylic acids is 2. The Hall–Kier alpha value is -2.06. The maximum Gasteiger partial charge on any atom is 0.276 e. The molecule has 0 bridgehead atoms. The van der Waals surface area contributed by atoms with Crippen LogP contribution in [0.4, 0.5) is 0 Å². The highest BCUT2D eigenvalue weighted by Crippen LogP contribution is 2.32. The summed E-state index contributed by atoms with van der Waals surface area (Å²) in [5.74, 6) is 0.816. The Bertz CT molecular complexity index is 849. The van der Waals surface area contributed by atoms with E-state index in [0.717, 1.165) is 20.9 Å². The van der Waals surface area contributed by atoms with E-state index in [0.29, 0.717) is 29.6 Å². The number of benzene rings is 2. The number of halogens is 2. The summed E-state index contributed by atoms with van der Waals surface area (Å²) >= 11 is 6.80. The zero-order valence-corrected chi connectivity index (χ0v) is 19.7. The molecule has 0 saturated carbocycles. The van der Waals surface area contributed by atoms with Gasteiger partial charge in [-0.25, -0.2) is 0 Å². The van der Waals surface area contributed by atoms with Gasteiger partial charge in [-0.1, -0.05) is 35.8 Å². The fourth-order valence-corrected chi connectivity index (χ4v) is 3.94. The lowest BCUT2D eigenvalue weighted by molar-refractivity contribution is -0.123. The Labute approximate surface area is 187 Å². The second kappa shape index (κ2) is 11.2. The van der Waals surface area contributed by atoms with Crippen LogP contribution in [-0.2, 0) is 4.79 Å². The van der Waals surface area contributed by atoms with Gasteiger partial charge >= 0.3 is 0 Å². The summed E-state index contributed by atoms with van der Waals surface area (Å²) in [6.45, 7) is 6.47. The van der Waals surface area contributed by atoms with Gasteiger partial charge in [0.05, 0.1) is 11.1 Å². The summed E-state index contributed by atoms with van der Waals surface area (Å²) in [5, 5.41) is 0. The van der Waals surface area contributed by atoms with Gasteiger partial charge in [0.15, 0.2) is 6.61 Å². The van der Waals surface area contributed by atoms with Crippen molar-refractivity contribution in [2.75, 3.05) is 13.2 Å². The van der Waals surface area contributed by atoms with Gasteiger partial charge in [-0.2, -0.15) is 0 Å². The van der Waals surface area contributed by atoms with Crippen molar-refractivity contribution in [3.8, 4) is 11.5 Å². The van der Waals surface area contributed by atoms with Gasteiger partial charge in [0.1, 0.15) is 11.5 Å². The van der Waals surface area contributed by atoms with Crippen LogP contribution in [0, 0.1) is 12.8 Å². The molecule has 0 aromatic heterocycles. The minimum absolute atomic E-state index is 0.236. The molecule has 0 spiro atoms. The van der Waals surface area contributed by atoms with Crippen LogP contribution in [0.3, 0.4) is 0 Å². The summed E-state index contributed by atoms with van der Waals surface area (Å²) in [4.78, 5) is 24.3. The van der Waals surface area contributed by atoms with Crippen molar-refractivity contribution in [1.82, 2.24) is 10.9 Å². The molecule has 0 aliphatic rings. The van der Waals surface area contributed by atoms with Crippen molar-refractivity contribution in [2.45, 2.75) is 27.2 Å². The van der Waals surface area contributed by atoms with Crippen molar-refractivity contribution < 1.29 is 19.1 Å². The van der Waals surface area contributed by atoms with Gasteiger partial charge < -0.3 is 9.47 Å². The summed E-state index contributed by atoms with van der Waals surface area (Å²) in [6.07, 6.45) is 0.931. The Morgan fingerprint density at radius 1 is 1.07 bits per heavy atom. The number of hydrazine groups is 1. The van der Waals surface area contributed by atoms with Gasteiger partial charge in [-0.05, 0) is 71.1 Å². The molecule has 2 N–H and O–H groups in total. The lowest BCUT2D eigenvalue weighted by atomic mass is 10.1. The molecule has 0 heterocycles. The molecule has 2 rings (SSSR count). The van der Waals surface area contributed by atoms with Crippen molar-refractivity contribution >= 4 is 43.7 Å². The minimum Gasteiger partial charge on any atom is -0.494 e. The fraction of sp³-hybridized carbons (Fsp3) is 0.333. The second-order valence-electron chi connectivity index (χ2n) is 6.88. The predicted molar refractivity (Wildman–Crippen MR) is 119 cm³/mol. The van der Waals surface area contributed by atoms with E-state index in [2.05, 4.69) is 56.6 Å². The van der Waals surface area contributed by atoms with Gasteiger partial charge in [0.25, 0.3) is 11.8 Å². The number of hydrogen-bond acceptors (Lipinski definition) is 4. The quantitative estimate of drug-likeness (QED) is 0.484. The topological polar surface area (TPSA) is 76.7 Å². The van der Waals surface area contributed by atoms with Crippen LogP contribution in [0.2, 0.25) is 0 Å². The zero-order valence-electron chi connectivity index (χ0n) is 16.6. The van der Waals surface area contributed by atoms with Crippen LogP contribution in [0.5, 0.6) is 11.5 Å². The predicted octanol–water partition coefficient (Wildman–Crippen LogP) is 4.78. The first-order valence-electron chi connectivity index (χ1n) is 9.16. The second-order valence-corrected chi connectivity index (χ2v) is 8.65. The van der Waals surface area contributed by atoms with Crippen LogP contribution in [0.25, 0.3) is 0 Å². The van der Waals surface area contributed by atoms with Crippen LogP contribution in [-0.4, -0.2) is 25.0 Å². The standard InChI is InChI=1S/C21H24Br2N2O4/c1-13(2)7-8-28-17-6-4-5-15(10-17)21(27)25-24-19(26)12-29-20-14(3)9-16(22)11-18(20)23/h4-6,9-11,13H,7-8,12H2,1-3H3,(H,24,26)(H,25,27). The average Bonchev–Trinajstić information content (AvgIpc) is 2.65. The molecule has 8 heteroatoms. The minimum atomic E-state index is -0.475. The highest BCUT2D eigenvalue weighted by molar-refractivity contribution is 9.11. The van der Waals surface area contributed by atoms with E-state index in [1.165, 1.54) is 0 Å². The number of hydrogen-bond donors (Lipinski definition) is 2. The van der Waals surface area contributed by atoms with Crippen LogP contribution in [0.15, 0.2) is 45.3 Å². The van der Waals surface area contributed by atoms with Crippen LogP contribution >= 0.6 is 31.9 Å². The number of carbonyl (C=O) groups is 2. The Kier molecular flexibility index (Phi) is 8.98. The van der Waals surface area contributed by atoms with E-state index in [9.17, 15) is 9.59 Å². The summed E-state index contributed by atoms with van der Waals surface area (Å²) in [7, 11) is 0. The Morgan fingerprint density at radius 2 is 1.83 bits per heavy atom. The van der Waals surface area contributed by atoms with Gasteiger partial charge in [-0.3, -0.25) is 20.4 Å². The molecular formula is C21H24Br2N2O4. The highest BCUT2D eigenvalue weighted by atomic mass is 79.9. The maximum absolute atomic E-state index is 12.3. The Morgan fingerprint density at radius 3 is 2.52 bits per heavy atom. The van der Waals surface area contributed by atoms with Crippen molar-refractivity contribution in [3.63, 3.8) is 0 Å². The van der Waals surface area contributed by atoms with Gasteiger partial charge in [-0.15, -0.1) is 0 Å². The fourth-order valence-electron chi connectivity index (χ4n) is 2.38. The summed E-state index contributed by atoms with van der Waals surface area (Å²) < 4.78 is 12.8. The molecule has 2 aromatic carbocycles. The first kappa shape index (κ1) is 23.2. The number of aryl methyl sites for hydroxylation is 1. The third kappa shape index (κ3) is 7.70. The van der Waals surface area contributed by atoms with Crippen LogP contribution in [0.1, 0.15) is 36.2 Å². The van der Waals surface area contributed by atoms with Crippen LogP contribution < -0.4 is 20.3 Å². The van der Waals surface area contributed by atoms with E-state index < -0.39 is 11.8 Å². The molecule has 0 fully saturated rings. The van der Waals surface area contributed by atoms with Crippen molar-refractivity contribution in [1.29, 1.82) is 0 Å². The molecule has 0 unspecified atom stereocenters. The molecule has 29 heavy (non-hydrogen) atoms. The van der Waals surface area contributed by atoms with E-state index in [-0.39, 0.29) is 6.61 Å². The molecule has 0 aliphatic carbocycles. The first-order chi connectivity index (χ1) is 13.8. The zero-order chi connectivity index (χ0) is 21.4. The summed E-state index contributed by atoms with van der Waals surface area (Å²) in [6, 6.07) is 10.5. The molecule has 0 saturated heterocycles. The molecule has 0 atom stereocenters. The number of nitrogens with one attached hydrogen (secondary N) is 2. The van der Waals surface area contributed by atoms with Gasteiger partial charge in [0.2, 0.25) is 0 Å². The lowest BCUT2D eigenvalue weighted by Crippen LogP contribution is -2.43. The van der Waals surface area contributed by atoms with E-state index >= 15 is 0 Å². The monoisotopic (exact) mass is 526 g/mol. The van der Waals surface area contributed by atoms with E-state index in [1.807, 2.05) is 19.1 Å². The molecule has 0 radical (unpaired) electrons. The SMILES string of the molecule is Cc1cc(Br)cc(Br)c1OCC(=O)NNC(=O)c1cccc(OCCC(C)C)c1. The smallest absolute Gasteiger partial charge is 0.276 e. The third-order valence-corrected chi connectivity index (χ3v) is 4.96. The Balaban J connectivity index is 1.83.